The second-order valence-electron chi connectivity index (χ2n) is 9.21. The van der Waals surface area contributed by atoms with Crippen molar-refractivity contribution >= 4 is 27.3 Å². The summed E-state index contributed by atoms with van der Waals surface area (Å²) in [5, 5.41) is 2.59. The normalized spacial score (nSPS) is 20.7. The maximum atomic E-state index is 12.9. The van der Waals surface area contributed by atoms with Crippen LogP contribution in [0.2, 0.25) is 5.02 Å². The molecule has 1 N–H and O–H groups in total. The molecule has 0 heterocycles. The number of hydrogen-bond donors (Lipinski definition) is 1. The number of amides is 1. The van der Waals surface area contributed by atoms with Crippen LogP contribution in [0.3, 0.4) is 0 Å². The summed E-state index contributed by atoms with van der Waals surface area (Å²) in [6, 6.07) is 2.58. The number of hydrogen-bond acceptors (Lipinski definition) is 3. The fourth-order valence-electron chi connectivity index (χ4n) is 3.97. The summed E-state index contributed by atoms with van der Waals surface area (Å²) in [5.74, 6) is -0.397. The molecule has 1 aromatic carbocycles. The fraction of sp³-hybridized carbons (Fsp3) is 0.682. The molecule has 3 saturated carbocycles. The minimum absolute atomic E-state index is 0.0417. The average Bonchev–Trinajstić information content (AvgIpc) is 3.43. The summed E-state index contributed by atoms with van der Waals surface area (Å²) in [4.78, 5) is 12.9. The Morgan fingerprint density at radius 1 is 1.10 bits per heavy atom. The van der Waals surface area contributed by atoms with Gasteiger partial charge in [-0.15, -0.1) is 0 Å². The van der Waals surface area contributed by atoms with Gasteiger partial charge in [0.2, 0.25) is 0 Å². The van der Waals surface area contributed by atoms with Crippen LogP contribution in [0.15, 0.2) is 18.2 Å². The van der Waals surface area contributed by atoms with Crippen molar-refractivity contribution in [2.45, 2.75) is 69.5 Å². The number of sulfone groups is 1. The molecule has 3 fully saturated rings. The van der Waals surface area contributed by atoms with Crippen molar-refractivity contribution in [2.75, 3.05) is 12.0 Å². The molecule has 0 aliphatic heterocycles. The number of halogens is 4. The molecular formula is C22H29ClF3NO3S. The monoisotopic (exact) mass is 479 g/mol. The third-order valence-corrected chi connectivity index (χ3v) is 7.37. The molecule has 31 heavy (non-hydrogen) atoms. The molecule has 1 aromatic rings. The first kappa shape index (κ1) is 24.4. The quantitative estimate of drug-likeness (QED) is 0.550. The lowest BCUT2D eigenvalue weighted by molar-refractivity contribution is -0.137. The van der Waals surface area contributed by atoms with Gasteiger partial charge in [0, 0.05) is 6.26 Å². The highest BCUT2D eigenvalue weighted by Crippen LogP contribution is 2.46. The molecule has 3 aliphatic rings. The van der Waals surface area contributed by atoms with Gasteiger partial charge in [-0.3, -0.25) is 4.79 Å². The van der Waals surface area contributed by atoms with E-state index in [9.17, 15) is 26.4 Å². The van der Waals surface area contributed by atoms with E-state index in [4.69, 9.17) is 11.6 Å². The molecule has 0 radical (unpaired) electrons. The van der Waals surface area contributed by atoms with E-state index in [2.05, 4.69) is 5.32 Å². The molecule has 4 rings (SSSR count). The third-order valence-electron chi connectivity index (χ3n) is 6.01. The van der Waals surface area contributed by atoms with Crippen molar-refractivity contribution in [1.82, 2.24) is 5.32 Å². The maximum Gasteiger partial charge on any atom is 0.416 e. The summed E-state index contributed by atoms with van der Waals surface area (Å²) >= 11 is 5.96. The largest absolute Gasteiger partial charge is 0.416 e. The number of rotatable bonds is 7. The molecule has 3 aliphatic carbocycles. The van der Waals surface area contributed by atoms with Gasteiger partial charge in [-0.25, -0.2) is 8.42 Å². The molecule has 0 aromatic heterocycles. The van der Waals surface area contributed by atoms with Crippen molar-refractivity contribution in [3.63, 3.8) is 0 Å². The number of alkyl halides is 3. The van der Waals surface area contributed by atoms with Crippen LogP contribution in [-0.2, 0) is 16.0 Å². The smallest absolute Gasteiger partial charge is 0.345 e. The lowest BCUT2D eigenvalue weighted by Crippen LogP contribution is -2.60. The van der Waals surface area contributed by atoms with E-state index >= 15 is 0 Å². The van der Waals surface area contributed by atoms with Crippen LogP contribution in [0.25, 0.3) is 0 Å². The van der Waals surface area contributed by atoms with Gasteiger partial charge in [-0.05, 0) is 49.3 Å². The van der Waals surface area contributed by atoms with Crippen LogP contribution >= 0.6 is 11.6 Å². The second kappa shape index (κ2) is 9.30. The summed E-state index contributed by atoms with van der Waals surface area (Å²) < 4.78 is 62.8. The molecule has 0 bridgehead atoms. The van der Waals surface area contributed by atoms with Crippen molar-refractivity contribution in [3.05, 3.63) is 34.3 Å². The van der Waals surface area contributed by atoms with Crippen molar-refractivity contribution in [3.8, 4) is 0 Å². The Morgan fingerprint density at radius 2 is 1.71 bits per heavy atom. The van der Waals surface area contributed by atoms with Gasteiger partial charge in [0.15, 0.2) is 0 Å². The van der Waals surface area contributed by atoms with Crippen LogP contribution in [0.5, 0.6) is 0 Å². The molecule has 0 saturated heterocycles. The Kier molecular flexibility index (Phi) is 7.31. The van der Waals surface area contributed by atoms with Crippen LogP contribution in [0, 0.1) is 11.8 Å². The first-order chi connectivity index (χ1) is 14.4. The van der Waals surface area contributed by atoms with Crippen LogP contribution in [0.1, 0.15) is 73.7 Å². The van der Waals surface area contributed by atoms with E-state index in [1.807, 2.05) is 0 Å². The zero-order valence-corrected chi connectivity index (χ0v) is 19.2. The Morgan fingerprint density at radius 3 is 2.10 bits per heavy atom. The molecule has 9 heteroatoms. The molecular weight excluding hydrogens is 451 g/mol. The standard InChI is InChI=1S/C19H23ClF3NO3S.C3H6/c1-28(26,27)11-18(10-12-5-6-12,13-3-2-4-13)24-17(25)15-8-7-14(9-16(15)20)19(21,22)23;1-2-3-1/h7-9,12-13H,2-6,10-11H2,1H3,(H,24,25);1-3H2. The Hall–Kier alpha value is -1.28. The van der Waals surface area contributed by atoms with Crippen molar-refractivity contribution in [1.29, 1.82) is 0 Å². The summed E-state index contributed by atoms with van der Waals surface area (Å²) in [7, 11) is -3.38. The Labute approximate surface area is 186 Å². The number of carbonyl (C=O) groups is 1. The van der Waals surface area contributed by atoms with E-state index in [1.165, 1.54) is 19.3 Å². The van der Waals surface area contributed by atoms with E-state index in [-0.39, 0.29) is 22.3 Å². The molecule has 0 spiro atoms. The Bertz CT molecular complexity index is 906. The minimum Gasteiger partial charge on any atom is -0.345 e. The highest BCUT2D eigenvalue weighted by molar-refractivity contribution is 7.90. The number of carbonyl (C=O) groups excluding carboxylic acids is 1. The van der Waals surface area contributed by atoms with Crippen LogP contribution in [0.4, 0.5) is 13.2 Å². The lowest BCUT2D eigenvalue weighted by Gasteiger charge is -2.46. The van der Waals surface area contributed by atoms with Crippen LogP contribution in [-0.4, -0.2) is 31.9 Å². The highest BCUT2D eigenvalue weighted by atomic mass is 35.5. The van der Waals surface area contributed by atoms with Gasteiger partial charge >= 0.3 is 6.18 Å². The first-order valence-corrected chi connectivity index (χ1v) is 13.2. The van der Waals surface area contributed by atoms with E-state index < -0.39 is 33.0 Å². The topological polar surface area (TPSA) is 63.2 Å². The molecule has 4 nitrogen and oxygen atoms in total. The van der Waals surface area contributed by atoms with Gasteiger partial charge in [0.25, 0.3) is 5.91 Å². The zero-order valence-electron chi connectivity index (χ0n) is 17.6. The van der Waals surface area contributed by atoms with Gasteiger partial charge < -0.3 is 5.32 Å². The molecule has 174 valence electrons. The minimum atomic E-state index is -4.56. The van der Waals surface area contributed by atoms with Gasteiger partial charge in [-0.2, -0.15) is 13.2 Å². The third kappa shape index (κ3) is 7.11. The predicted octanol–water partition coefficient (Wildman–Crippen LogP) is 5.64. The van der Waals surface area contributed by atoms with E-state index in [0.29, 0.717) is 12.3 Å². The fourth-order valence-corrected chi connectivity index (χ4v) is 5.60. The average molecular weight is 480 g/mol. The molecule has 1 amide bonds. The molecule has 1 atom stereocenters. The second-order valence-corrected chi connectivity index (χ2v) is 11.8. The lowest BCUT2D eigenvalue weighted by atomic mass is 9.69. The van der Waals surface area contributed by atoms with Gasteiger partial charge in [0.05, 0.1) is 27.4 Å². The molecule has 1 unspecified atom stereocenters. The number of nitrogens with one attached hydrogen (secondary N) is 1. The van der Waals surface area contributed by atoms with Gasteiger partial charge in [-0.1, -0.05) is 50.1 Å². The van der Waals surface area contributed by atoms with Crippen molar-refractivity contribution in [2.24, 2.45) is 11.8 Å². The SMILES string of the molecule is C1CC1.CS(=O)(=O)CC(CC1CC1)(NC(=O)c1ccc(C(F)(F)F)cc1Cl)C1CCC1. The van der Waals surface area contributed by atoms with E-state index in [1.54, 1.807) is 0 Å². The predicted molar refractivity (Wildman–Crippen MR) is 115 cm³/mol. The number of benzene rings is 1. The first-order valence-electron chi connectivity index (χ1n) is 10.8. The summed E-state index contributed by atoms with van der Waals surface area (Å²) in [6.45, 7) is 0. The van der Waals surface area contributed by atoms with Gasteiger partial charge in [0.1, 0.15) is 9.84 Å². The highest BCUT2D eigenvalue weighted by Gasteiger charge is 2.48. The van der Waals surface area contributed by atoms with Crippen LogP contribution < -0.4 is 5.32 Å². The zero-order chi connectivity index (χ0) is 22.9. The summed E-state index contributed by atoms with van der Waals surface area (Å²) in [5.41, 5.74) is -1.92. The Balaban J connectivity index is 0.000000834. The maximum absolute atomic E-state index is 12.9. The van der Waals surface area contributed by atoms with E-state index in [0.717, 1.165) is 56.6 Å². The van der Waals surface area contributed by atoms with Crippen molar-refractivity contribution < 1.29 is 26.4 Å². The summed E-state index contributed by atoms with van der Waals surface area (Å²) in [6.07, 6.45) is 6.25.